The van der Waals surface area contributed by atoms with Crippen molar-refractivity contribution >= 4 is 40.3 Å². The fourth-order valence-electron chi connectivity index (χ4n) is 3.45. The number of amides is 1. The maximum atomic E-state index is 12.1. The number of nitrogens with two attached hydrogens (primary N) is 1. The second kappa shape index (κ2) is 5.82. The number of aromatic nitrogens is 4. The lowest BCUT2D eigenvalue weighted by molar-refractivity contribution is -0.129. The Labute approximate surface area is 161 Å². The van der Waals surface area contributed by atoms with E-state index in [9.17, 15) is 4.79 Å². The zero-order valence-corrected chi connectivity index (χ0v) is 15.7. The highest BCUT2D eigenvalue weighted by Crippen LogP contribution is 2.36. The third-order valence-corrected chi connectivity index (χ3v) is 5.31. The Hall–Kier alpha value is -3.36. The Bertz CT molecular complexity index is 1100. The third kappa shape index (κ3) is 2.62. The molecule has 0 radical (unpaired) electrons. The summed E-state index contributed by atoms with van der Waals surface area (Å²) in [5.74, 6) is 1.90. The van der Waals surface area contributed by atoms with Crippen molar-refractivity contribution in [2.75, 3.05) is 16.4 Å². The average molecular weight is 379 g/mol. The van der Waals surface area contributed by atoms with Gasteiger partial charge in [0.2, 0.25) is 5.95 Å². The van der Waals surface area contributed by atoms with Crippen LogP contribution >= 0.6 is 0 Å². The van der Waals surface area contributed by atoms with Crippen LogP contribution in [0, 0.1) is 0 Å². The van der Waals surface area contributed by atoms with Crippen molar-refractivity contribution in [2.45, 2.75) is 44.8 Å². The fourth-order valence-corrected chi connectivity index (χ4v) is 3.45. The molecule has 28 heavy (non-hydrogen) atoms. The van der Waals surface area contributed by atoms with Gasteiger partial charge in [-0.15, -0.1) is 0 Å². The number of nitrogen functional groups attached to an aromatic ring is 1. The summed E-state index contributed by atoms with van der Waals surface area (Å²) in [6.07, 6.45) is 5.56. The maximum absolute atomic E-state index is 12.1. The second-order valence-corrected chi connectivity index (χ2v) is 7.71. The van der Waals surface area contributed by atoms with E-state index in [1.165, 1.54) is 6.42 Å². The van der Waals surface area contributed by atoms with Gasteiger partial charge < -0.3 is 25.7 Å². The van der Waals surface area contributed by atoms with Gasteiger partial charge in [0.1, 0.15) is 17.3 Å². The van der Waals surface area contributed by atoms with Crippen LogP contribution in [-0.2, 0) is 4.79 Å². The van der Waals surface area contributed by atoms with Gasteiger partial charge in [-0.05, 0) is 51.3 Å². The molecule has 0 atom stereocenters. The summed E-state index contributed by atoms with van der Waals surface area (Å²) in [4.78, 5) is 25.5. The van der Waals surface area contributed by atoms with Crippen LogP contribution < -0.4 is 21.1 Å². The van der Waals surface area contributed by atoms with E-state index in [0.717, 1.165) is 23.9 Å². The molecule has 0 spiro atoms. The Morgan fingerprint density at radius 3 is 2.82 bits per heavy atom. The van der Waals surface area contributed by atoms with Crippen molar-refractivity contribution < 1.29 is 9.53 Å². The molecule has 0 aromatic carbocycles. The van der Waals surface area contributed by atoms with E-state index in [1.807, 2.05) is 12.3 Å². The van der Waals surface area contributed by atoms with Gasteiger partial charge in [-0.25, -0.2) is 4.98 Å². The number of anilines is 4. The van der Waals surface area contributed by atoms with Crippen molar-refractivity contribution in [3.8, 4) is 5.75 Å². The molecule has 1 fully saturated rings. The first kappa shape index (κ1) is 16.8. The first-order valence-electron chi connectivity index (χ1n) is 9.33. The van der Waals surface area contributed by atoms with Gasteiger partial charge in [0.15, 0.2) is 17.2 Å². The van der Waals surface area contributed by atoms with E-state index in [1.54, 1.807) is 26.0 Å². The highest BCUT2D eigenvalue weighted by atomic mass is 16.5. The van der Waals surface area contributed by atoms with Gasteiger partial charge in [0.25, 0.3) is 5.91 Å². The summed E-state index contributed by atoms with van der Waals surface area (Å²) in [5, 5.41) is 6.69. The predicted octanol–water partition coefficient (Wildman–Crippen LogP) is 2.99. The molecule has 1 amide bonds. The number of hydrogen-bond donors (Lipinski definition) is 3. The van der Waals surface area contributed by atoms with Crippen LogP contribution in [0.1, 0.15) is 39.2 Å². The van der Waals surface area contributed by atoms with Crippen molar-refractivity contribution in [3.05, 3.63) is 24.4 Å². The number of carbonyl (C=O) groups excluding carboxylic acids is 1. The third-order valence-electron chi connectivity index (χ3n) is 5.31. The van der Waals surface area contributed by atoms with Crippen LogP contribution in [0.15, 0.2) is 24.4 Å². The molecule has 4 heterocycles. The van der Waals surface area contributed by atoms with Crippen LogP contribution in [-0.4, -0.2) is 31.0 Å². The smallest absolute Gasteiger partial charge is 0.269 e. The summed E-state index contributed by atoms with van der Waals surface area (Å²) in [7, 11) is 0. The molecule has 5 rings (SSSR count). The standard InChI is InChI=1S/C19H21N7O2/c1-19(2)17(27)24-15-12(28-19)6-7-13(21-15)22-18-23-14(20)11-8-9-26(16(11)25-18)10-4-3-5-10/h6-10H,3-5H2,1-2H3,(H4,20,21,22,23,24,25,27). The van der Waals surface area contributed by atoms with Crippen molar-refractivity contribution in [3.63, 3.8) is 0 Å². The molecule has 2 aliphatic rings. The number of nitrogens with zero attached hydrogens (tertiary/aromatic N) is 4. The lowest BCUT2D eigenvalue weighted by Crippen LogP contribution is -2.46. The zero-order chi connectivity index (χ0) is 19.5. The van der Waals surface area contributed by atoms with E-state index in [0.29, 0.717) is 35.2 Å². The number of nitrogens with one attached hydrogen (secondary N) is 2. The summed E-state index contributed by atoms with van der Waals surface area (Å²) in [5.41, 5.74) is 6.03. The molecular formula is C19H21N7O2. The van der Waals surface area contributed by atoms with Gasteiger partial charge >= 0.3 is 0 Å². The van der Waals surface area contributed by atoms with Crippen molar-refractivity contribution in [2.24, 2.45) is 0 Å². The SMILES string of the molecule is CC1(C)Oc2ccc(Nc3nc(N)c4ccn(C5CCC5)c4n3)nc2NC1=O. The fraction of sp³-hybridized carbons (Fsp3) is 0.368. The molecule has 1 aliphatic carbocycles. The Morgan fingerprint density at radius 2 is 2.07 bits per heavy atom. The summed E-state index contributed by atoms with van der Waals surface area (Å²) in [6, 6.07) is 5.93. The van der Waals surface area contributed by atoms with Gasteiger partial charge in [-0.2, -0.15) is 9.97 Å². The van der Waals surface area contributed by atoms with Crippen LogP contribution in [0.25, 0.3) is 11.0 Å². The molecule has 4 N–H and O–H groups in total. The molecular weight excluding hydrogens is 358 g/mol. The first-order chi connectivity index (χ1) is 13.4. The van der Waals surface area contributed by atoms with E-state index in [4.69, 9.17) is 10.5 Å². The molecule has 1 aliphatic heterocycles. The molecule has 9 nitrogen and oxygen atoms in total. The predicted molar refractivity (Wildman–Crippen MR) is 106 cm³/mol. The number of carbonyl (C=O) groups is 1. The number of fused-ring (bicyclic) bond motifs is 2. The van der Waals surface area contributed by atoms with Crippen molar-refractivity contribution in [1.82, 2.24) is 19.5 Å². The average Bonchev–Trinajstić information content (AvgIpc) is 2.99. The van der Waals surface area contributed by atoms with Gasteiger partial charge in [-0.3, -0.25) is 4.79 Å². The maximum Gasteiger partial charge on any atom is 0.269 e. The highest BCUT2D eigenvalue weighted by molar-refractivity contribution is 5.99. The van der Waals surface area contributed by atoms with E-state index in [-0.39, 0.29) is 5.91 Å². The van der Waals surface area contributed by atoms with Gasteiger partial charge in [0.05, 0.1) is 5.39 Å². The molecule has 144 valence electrons. The van der Waals surface area contributed by atoms with Gasteiger partial charge in [0, 0.05) is 12.2 Å². The highest BCUT2D eigenvalue weighted by Gasteiger charge is 2.36. The van der Waals surface area contributed by atoms with E-state index in [2.05, 4.69) is 30.2 Å². The Morgan fingerprint density at radius 1 is 1.25 bits per heavy atom. The van der Waals surface area contributed by atoms with Crippen LogP contribution in [0.5, 0.6) is 5.75 Å². The normalized spacial score (nSPS) is 18.1. The minimum atomic E-state index is -0.931. The summed E-state index contributed by atoms with van der Waals surface area (Å²) >= 11 is 0. The first-order valence-corrected chi connectivity index (χ1v) is 9.33. The largest absolute Gasteiger partial charge is 0.474 e. The quantitative estimate of drug-likeness (QED) is 0.640. The lowest BCUT2D eigenvalue weighted by Gasteiger charge is -2.30. The summed E-state index contributed by atoms with van der Waals surface area (Å²) < 4.78 is 7.87. The topological polar surface area (TPSA) is 120 Å². The Kier molecular flexibility index (Phi) is 3.49. The molecule has 9 heteroatoms. The molecule has 3 aromatic heterocycles. The number of ether oxygens (including phenoxy) is 1. The summed E-state index contributed by atoms with van der Waals surface area (Å²) in [6.45, 7) is 3.42. The molecule has 0 bridgehead atoms. The zero-order valence-electron chi connectivity index (χ0n) is 15.7. The van der Waals surface area contributed by atoms with Crippen LogP contribution in [0.4, 0.5) is 23.4 Å². The molecule has 0 saturated heterocycles. The lowest BCUT2D eigenvalue weighted by atomic mass is 9.93. The van der Waals surface area contributed by atoms with Crippen LogP contribution in [0.3, 0.4) is 0 Å². The molecule has 1 saturated carbocycles. The second-order valence-electron chi connectivity index (χ2n) is 7.71. The van der Waals surface area contributed by atoms with Crippen LogP contribution in [0.2, 0.25) is 0 Å². The number of hydrogen-bond acceptors (Lipinski definition) is 7. The van der Waals surface area contributed by atoms with Gasteiger partial charge in [-0.1, -0.05) is 0 Å². The minimum absolute atomic E-state index is 0.245. The Balaban J connectivity index is 1.47. The van der Waals surface area contributed by atoms with E-state index < -0.39 is 5.60 Å². The number of pyridine rings is 1. The molecule has 3 aromatic rings. The monoisotopic (exact) mass is 379 g/mol. The van der Waals surface area contributed by atoms with E-state index >= 15 is 0 Å². The number of rotatable bonds is 3. The molecule has 0 unspecified atom stereocenters. The van der Waals surface area contributed by atoms with Crippen molar-refractivity contribution in [1.29, 1.82) is 0 Å². The minimum Gasteiger partial charge on any atom is -0.474 e.